The van der Waals surface area contributed by atoms with E-state index < -0.39 is 20.0 Å². The van der Waals surface area contributed by atoms with Gasteiger partial charge in [0.25, 0.3) is 10.0 Å². The Kier molecular flexibility index (Phi) is 6.10. The van der Waals surface area contributed by atoms with E-state index in [1.807, 2.05) is 0 Å². The summed E-state index contributed by atoms with van der Waals surface area (Å²) in [6.45, 7) is 4.25. The molecule has 0 heterocycles. The molecule has 6 nitrogen and oxygen atoms in total. The number of hydrogen-bond acceptors (Lipinski definition) is 4. The topological polar surface area (TPSA) is 83.6 Å². The highest BCUT2D eigenvalue weighted by Gasteiger charge is 2.21. The highest BCUT2D eigenvalue weighted by atomic mass is 35.5. The smallest absolute Gasteiger partial charge is 0.261 e. The third-order valence-corrected chi connectivity index (χ3v) is 7.29. The first kappa shape index (κ1) is 19.7. The van der Waals surface area contributed by atoms with Gasteiger partial charge in [-0.1, -0.05) is 25.4 Å². The van der Waals surface area contributed by atoms with E-state index in [0.717, 1.165) is 0 Å². The first-order valence-electron chi connectivity index (χ1n) is 7.59. The third-order valence-electron chi connectivity index (χ3n) is 3.57. The maximum absolute atomic E-state index is 12.4. The van der Waals surface area contributed by atoms with Crippen molar-refractivity contribution in [2.24, 2.45) is 0 Å². The van der Waals surface area contributed by atoms with E-state index >= 15 is 0 Å². The van der Waals surface area contributed by atoms with Crippen LogP contribution in [0.5, 0.6) is 0 Å². The Hall–Kier alpha value is -1.61. The van der Waals surface area contributed by atoms with Crippen molar-refractivity contribution < 1.29 is 16.8 Å². The molecule has 0 amide bonds. The van der Waals surface area contributed by atoms with Gasteiger partial charge in [0.2, 0.25) is 10.0 Å². The van der Waals surface area contributed by atoms with E-state index in [2.05, 4.69) is 4.72 Å². The van der Waals surface area contributed by atoms with Crippen molar-refractivity contribution in [3.8, 4) is 0 Å². The molecule has 0 aromatic heterocycles. The van der Waals surface area contributed by atoms with Crippen LogP contribution < -0.4 is 4.72 Å². The number of halogens is 1. The zero-order chi connectivity index (χ0) is 18.7. The molecule has 0 aliphatic rings. The minimum absolute atomic E-state index is 0.0664. The van der Waals surface area contributed by atoms with Crippen LogP contribution in [0.2, 0.25) is 5.02 Å². The van der Waals surface area contributed by atoms with Crippen LogP contribution in [0.1, 0.15) is 13.8 Å². The summed E-state index contributed by atoms with van der Waals surface area (Å²) in [6, 6.07) is 11.4. The molecular weight excluding hydrogens is 384 g/mol. The molecule has 0 fully saturated rings. The van der Waals surface area contributed by atoms with Crippen LogP contribution in [0, 0.1) is 0 Å². The lowest BCUT2D eigenvalue weighted by Crippen LogP contribution is -2.30. The standard InChI is InChI=1S/C16H19ClN2O4S2/c1-3-19(4-2)25(22,23)16-11-7-14(8-12-16)18-24(20,21)15-9-5-13(17)6-10-15/h5-12,18H,3-4H2,1-2H3. The molecule has 136 valence electrons. The SMILES string of the molecule is CCN(CC)S(=O)(=O)c1ccc(NS(=O)(=O)c2ccc(Cl)cc2)cc1. The number of benzene rings is 2. The monoisotopic (exact) mass is 402 g/mol. The van der Waals surface area contributed by atoms with Crippen LogP contribution in [0.4, 0.5) is 5.69 Å². The second kappa shape index (κ2) is 7.74. The van der Waals surface area contributed by atoms with E-state index in [1.54, 1.807) is 13.8 Å². The Bertz CT molecular complexity index is 921. The molecule has 2 aromatic rings. The largest absolute Gasteiger partial charge is 0.280 e. The first-order chi connectivity index (χ1) is 11.7. The average molecular weight is 403 g/mol. The minimum Gasteiger partial charge on any atom is -0.280 e. The lowest BCUT2D eigenvalue weighted by Gasteiger charge is -2.18. The first-order valence-corrected chi connectivity index (χ1v) is 10.9. The summed E-state index contributed by atoms with van der Waals surface area (Å²) in [5, 5.41) is 0.435. The van der Waals surface area contributed by atoms with Gasteiger partial charge in [0, 0.05) is 23.8 Å². The van der Waals surface area contributed by atoms with Crippen LogP contribution in [0.25, 0.3) is 0 Å². The normalized spacial score (nSPS) is 12.3. The Morgan fingerprint density at radius 1 is 0.840 bits per heavy atom. The lowest BCUT2D eigenvalue weighted by atomic mass is 10.3. The zero-order valence-electron chi connectivity index (χ0n) is 13.8. The second-order valence-electron chi connectivity index (χ2n) is 5.17. The van der Waals surface area contributed by atoms with Gasteiger partial charge in [-0.3, -0.25) is 4.72 Å². The van der Waals surface area contributed by atoms with Gasteiger partial charge in [-0.15, -0.1) is 0 Å². The molecule has 0 atom stereocenters. The van der Waals surface area contributed by atoms with Gasteiger partial charge in [0.1, 0.15) is 0 Å². The number of hydrogen-bond donors (Lipinski definition) is 1. The third kappa shape index (κ3) is 4.52. The van der Waals surface area contributed by atoms with Gasteiger partial charge in [-0.2, -0.15) is 4.31 Å². The molecule has 0 saturated heterocycles. The average Bonchev–Trinajstić information content (AvgIpc) is 2.56. The highest BCUT2D eigenvalue weighted by molar-refractivity contribution is 7.92. The number of nitrogens with one attached hydrogen (secondary N) is 1. The number of sulfonamides is 2. The molecule has 0 aliphatic carbocycles. The van der Waals surface area contributed by atoms with Crippen LogP contribution in [-0.2, 0) is 20.0 Å². The van der Waals surface area contributed by atoms with Gasteiger partial charge in [0.15, 0.2) is 0 Å². The molecule has 1 N–H and O–H groups in total. The molecule has 0 spiro atoms. The summed E-state index contributed by atoms with van der Waals surface area (Å²) >= 11 is 5.76. The maximum atomic E-state index is 12.4. The lowest BCUT2D eigenvalue weighted by molar-refractivity contribution is 0.445. The fourth-order valence-corrected chi connectivity index (χ4v) is 4.88. The summed E-state index contributed by atoms with van der Waals surface area (Å²) in [6.07, 6.45) is 0. The van der Waals surface area contributed by atoms with Gasteiger partial charge in [-0.05, 0) is 48.5 Å². The Morgan fingerprint density at radius 3 is 1.80 bits per heavy atom. The van der Waals surface area contributed by atoms with E-state index in [1.165, 1.54) is 52.8 Å². The molecule has 0 unspecified atom stereocenters. The van der Waals surface area contributed by atoms with E-state index in [9.17, 15) is 16.8 Å². The van der Waals surface area contributed by atoms with Gasteiger partial charge in [0.05, 0.1) is 9.79 Å². The Labute approximate surface area is 153 Å². The summed E-state index contributed by atoms with van der Waals surface area (Å²) < 4.78 is 53.2. The molecule has 2 rings (SSSR count). The predicted octanol–water partition coefficient (Wildman–Crippen LogP) is 3.17. The maximum Gasteiger partial charge on any atom is 0.261 e. The number of rotatable bonds is 7. The summed E-state index contributed by atoms with van der Waals surface area (Å²) in [7, 11) is -7.35. The fraction of sp³-hybridized carbons (Fsp3) is 0.250. The molecule has 2 aromatic carbocycles. The van der Waals surface area contributed by atoms with E-state index in [0.29, 0.717) is 18.1 Å². The second-order valence-corrected chi connectivity index (χ2v) is 9.23. The quantitative estimate of drug-likeness (QED) is 0.770. The molecule has 0 bridgehead atoms. The predicted molar refractivity (Wildman–Crippen MR) is 98.8 cm³/mol. The van der Waals surface area contributed by atoms with Crippen LogP contribution in [0.15, 0.2) is 58.3 Å². The van der Waals surface area contributed by atoms with Crippen LogP contribution >= 0.6 is 11.6 Å². The van der Waals surface area contributed by atoms with Gasteiger partial charge in [-0.25, -0.2) is 16.8 Å². The van der Waals surface area contributed by atoms with Crippen molar-refractivity contribution >= 4 is 37.3 Å². The van der Waals surface area contributed by atoms with Crippen molar-refractivity contribution in [1.29, 1.82) is 0 Å². The van der Waals surface area contributed by atoms with Gasteiger partial charge < -0.3 is 0 Å². The summed E-state index contributed by atoms with van der Waals surface area (Å²) in [5.41, 5.74) is 0.272. The molecule has 0 aliphatic heterocycles. The van der Waals surface area contributed by atoms with Crippen LogP contribution in [-0.4, -0.2) is 34.2 Å². The molecule has 0 saturated carbocycles. The number of anilines is 1. The van der Waals surface area contributed by atoms with Crippen molar-refractivity contribution in [1.82, 2.24) is 4.31 Å². The van der Waals surface area contributed by atoms with Crippen molar-refractivity contribution in [2.45, 2.75) is 23.6 Å². The number of nitrogens with zero attached hydrogens (tertiary/aromatic N) is 1. The van der Waals surface area contributed by atoms with Gasteiger partial charge >= 0.3 is 0 Å². The van der Waals surface area contributed by atoms with E-state index in [-0.39, 0.29) is 15.5 Å². The summed E-state index contributed by atoms with van der Waals surface area (Å²) in [4.78, 5) is 0.183. The Morgan fingerprint density at radius 2 is 1.32 bits per heavy atom. The molecule has 0 radical (unpaired) electrons. The molecular formula is C16H19ClN2O4S2. The van der Waals surface area contributed by atoms with Crippen molar-refractivity contribution in [3.63, 3.8) is 0 Å². The van der Waals surface area contributed by atoms with Crippen LogP contribution in [0.3, 0.4) is 0 Å². The highest BCUT2D eigenvalue weighted by Crippen LogP contribution is 2.21. The summed E-state index contributed by atoms with van der Waals surface area (Å²) in [5.74, 6) is 0. The molecule has 9 heteroatoms. The van der Waals surface area contributed by atoms with Crippen molar-refractivity contribution in [2.75, 3.05) is 17.8 Å². The fourth-order valence-electron chi connectivity index (χ4n) is 2.24. The van der Waals surface area contributed by atoms with Crippen molar-refractivity contribution in [3.05, 3.63) is 53.6 Å². The minimum atomic E-state index is -3.77. The zero-order valence-corrected chi connectivity index (χ0v) is 16.2. The molecule has 25 heavy (non-hydrogen) atoms. The van der Waals surface area contributed by atoms with E-state index in [4.69, 9.17) is 11.6 Å². The Balaban J connectivity index is 2.24.